The summed E-state index contributed by atoms with van der Waals surface area (Å²) in [5, 5.41) is 72.2. The summed E-state index contributed by atoms with van der Waals surface area (Å²) in [5.41, 5.74) is -1.83. The topological polar surface area (TPSA) is 246 Å². The lowest BCUT2D eigenvalue weighted by atomic mass is 9.77. The molecular formula is C53H86N6O14. The minimum absolute atomic E-state index is 0.103. The third-order valence-electron chi connectivity index (χ3n) is 15.8. The van der Waals surface area contributed by atoms with Crippen molar-refractivity contribution in [1.82, 2.24) is 30.0 Å². The van der Waals surface area contributed by atoms with E-state index in [0.717, 1.165) is 29.0 Å². The summed E-state index contributed by atoms with van der Waals surface area (Å²) in [6, 6.07) is 6.77. The Bertz CT molecular complexity index is 2150. The Balaban J connectivity index is 1.19. The molecule has 0 aliphatic carbocycles. The highest BCUT2D eigenvalue weighted by molar-refractivity contribution is 5.73. The molecule has 1 aromatic carbocycles. The van der Waals surface area contributed by atoms with Crippen molar-refractivity contribution in [2.24, 2.45) is 17.8 Å². The van der Waals surface area contributed by atoms with Crippen LogP contribution in [-0.2, 0) is 46.2 Å². The number of methoxy groups -OCH3 is 1. The summed E-state index contributed by atoms with van der Waals surface area (Å²) < 4.78 is 51.0. The number of rotatable bonds is 16. The van der Waals surface area contributed by atoms with Crippen LogP contribution in [-0.4, -0.2) is 193 Å². The van der Waals surface area contributed by atoms with Gasteiger partial charge in [0.05, 0.1) is 60.0 Å². The SMILES string of the molecule is CC[C@H]1OC(=O)[C@H](C)[C@@H](O[C@H]2C[C@@](C)(OC)[C@@H](O)[C@H](C)O2)[C@H](C)[C@@H](O[C@@H]2O[C@H](C)C[C@H](N(C)CCc3cn(CCCOc4ccc(-c5cnoc5)cc4)nn3)[C@H]2O)[C@](C)(O)C[C@@H](C)CN(C)[C@H](C)[C@@H](O)[C@]1(C)O. The number of likely N-dealkylation sites (N-methyl/N-ethyl adjacent to an activating group) is 2. The molecule has 0 amide bonds. The lowest BCUT2D eigenvalue weighted by Gasteiger charge is -2.49. The molecule has 3 aliphatic rings. The van der Waals surface area contributed by atoms with Gasteiger partial charge in [0.1, 0.15) is 42.0 Å². The number of hydrogen-bond acceptors (Lipinski definition) is 19. The van der Waals surface area contributed by atoms with Crippen LogP contribution >= 0.6 is 0 Å². The van der Waals surface area contributed by atoms with E-state index < -0.39 is 102 Å². The Labute approximate surface area is 431 Å². The first-order valence-electron chi connectivity index (χ1n) is 26.2. The number of ether oxygens (including phenoxy) is 7. The second kappa shape index (κ2) is 25.0. The predicted octanol–water partition coefficient (Wildman–Crippen LogP) is 4.23. The zero-order valence-electron chi connectivity index (χ0n) is 45.4. The summed E-state index contributed by atoms with van der Waals surface area (Å²) in [5.74, 6) is -2.01. The largest absolute Gasteiger partial charge is 0.494 e. The number of carbonyl (C=O) groups excluding carboxylic acids is 1. The Morgan fingerprint density at radius 1 is 0.945 bits per heavy atom. The van der Waals surface area contributed by atoms with Crippen LogP contribution in [0.25, 0.3) is 11.1 Å². The van der Waals surface area contributed by atoms with Crippen molar-refractivity contribution < 1.29 is 68.0 Å². The maximum absolute atomic E-state index is 14.5. The van der Waals surface area contributed by atoms with Crippen LogP contribution in [0.2, 0.25) is 0 Å². The first-order valence-corrected chi connectivity index (χ1v) is 26.2. The maximum Gasteiger partial charge on any atom is 0.311 e. The lowest BCUT2D eigenvalue weighted by molar-refractivity contribution is -0.318. The first kappa shape index (κ1) is 58.6. The Morgan fingerprint density at radius 3 is 2.32 bits per heavy atom. The summed E-state index contributed by atoms with van der Waals surface area (Å²) in [6.45, 7) is 19.7. The molecule has 0 spiro atoms. The van der Waals surface area contributed by atoms with Crippen molar-refractivity contribution in [2.45, 2.75) is 205 Å². The van der Waals surface area contributed by atoms with E-state index in [0.29, 0.717) is 39.1 Å². The first-order chi connectivity index (χ1) is 34.4. The minimum atomic E-state index is -1.84. The number of cyclic esters (lactones) is 1. The van der Waals surface area contributed by atoms with Crippen LogP contribution in [0, 0.1) is 17.8 Å². The summed E-state index contributed by atoms with van der Waals surface area (Å²) in [7, 11) is 5.29. The van der Waals surface area contributed by atoms with Crippen LogP contribution in [0.5, 0.6) is 5.75 Å². The molecule has 6 rings (SSSR count). The highest BCUT2D eigenvalue weighted by Gasteiger charge is 2.53. The number of benzene rings is 1. The molecule has 5 heterocycles. The zero-order chi connectivity index (χ0) is 53.6. The molecular weight excluding hydrogens is 945 g/mol. The molecule has 0 bridgehead atoms. The molecule has 0 unspecified atom stereocenters. The zero-order valence-corrected chi connectivity index (χ0v) is 45.4. The van der Waals surface area contributed by atoms with Crippen molar-refractivity contribution in [3.8, 4) is 16.9 Å². The average Bonchev–Trinajstić information content (AvgIpc) is 4.06. The molecule has 5 N–H and O–H groups in total. The van der Waals surface area contributed by atoms with Gasteiger partial charge in [-0.05, 0) is 105 Å². The van der Waals surface area contributed by atoms with Gasteiger partial charge in [0.15, 0.2) is 12.6 Å². The number of aromatic nitrogens is 4. The molecule has 20 nitrogen and oxygen atoms in total. The van der Waals surface area contributed by atoms with Crippen LogP contribution in [0.4, 0.5) is 0 Å². The molecule has 18 atom stereocenters. The van der Waals surface area contributed by atoms with Gasteiger partial charge < -0.3 is 73.0 Å². The van der Waals surface area contributed by atoms with E-state index in [9.17, 15) is 30.3 Å². The summed E-state index contributed by atoms with van der Waals surface area (Å²) >= 11 is 0. The van der Waals surface area contributed by atoms with Crippen LogP contribution in [0.3, 0.4) is 0 Å². The molecule has 2 aromatic heterocycles. The van der Waals surface area contributed by atoms with E-state index in [-0.39, 0.29) is 31.3 Å². The van der Waals surface area contributed by atoms with Crippen molar-refractivity contribution in [3.05, 3.63) is 48.6 Å². The van der Waals surface area contributed by atoms with Gasteiger partial charge in [-0.25, -0.2) is 0 Å². The molecule has 3 aromatic rings. The second-order valence-corrected chi connectivity index (χ2v) is 22.0. The van der Waals surface area contributed by atoms with Crippen LogP contribution < -0.4 is 4.74 Å². The Hall–Kier alpha value is -3.64. The van der Waals surface area contributed by atoms with Gasteiger partial charge in [-0.2, -0.15) is 0 Å². The standard InChI is InChI=1S/C53H86N6O14/c1-14-42-53(10,65)46(61)35(6)58(12)28-31(2)25-51(8,64)48(33(4)45(34(5)49(63)71-42)72-43-26-52(9,66-13)47(62)36(7)70-43)73-50-44(60)41(24-32(3)69-50)57(11)22-20-39-29-59(56-55-39)21-15-23-67-40-18-16-37(17-19-40)38-27-54-68-30-38/h16-19,27,29-36,41-48,50,60-62,64-65H,14-15,20-26,28H2,1-13H3/t31-,32-,33+,34-,35-,36+,41+,42-,43+,44-,45+,46-,47+,48-,50+,51-,52-,53-/m1/s1. The number of carbonyl (C=O) groups is 1. The van der Waals surface area contributed by atoms with Gasteiger partial charge in [-0.15, -0.1) is 5.10 Å². The lowest BCUT2D eigenvalue weighted by Crippen LogP contribution is -2.61. The third-order valence-corrected chi connectivity index (χ3v) is 15.8. The maximum atomic E-state index is 14.5. The quantitative estimate of drug-likeness (QED) is 0.0995. The molecule has 3 fully saturated rings. The van der Waals surface area contributed by atoms with Crippen molar-refractivity contribution >= 4 is 5.97 Å². The monoisotopic (exact) mass is 1030 g/mol. The fourth-order valence-corrected chi connectivity index (χ4v) is 11.2. The fraction of sp³-hybridized carbons (Fsp3) is 0.774. The molecule has 0 radical (unpaired) electrons. The van der Waals surface area contributed by atoms with Crippen LogP contribution in [0.1, 0.15) is 107 Å². The van der Waals surface area contributed by atoms with Gasteiger partial charge in [0.2, 0.25) is 0 Å². The Kier molecular flexibility index (Phi) is 20.1. The van der Waals surface area contributed by atoms with E-state index >= 15 is 0 Å². The van der Waals surface area contributed by atoms with E-state index in [2.05, 4.69) is 20.4 Å². The molecule has 73 heavy (non-hydrogen) atoms. The predicted molar refractivity (Wildman–Crippen MR) is 269 cm³/mol. The molecule has 3 saturated heterocycles. The van der Waals surface area contributed by atoms with Gasteiger partial charge in [0, 0.05) is 75.8 Å². The number of esters is 1. The van der Waals surface area contributed by atoms with E-state index in [1.807, 2.05) is 70.2 Å². The second-order valence-electron chi connectivity index (χ2n) is 22.0. The number of aliphatic hydroxyl groups is 5. The number of aryl methyl sites for hydroxylation is 1. The minimum Gasteiger partial charge on any atom is -0.494 e. The van der Waals surface area contributed by atoms with Gasteiger partial charge in [-0.3, -0.25) is 9.48 Å². The third kappa shape index (κ3) is 14.2. The number of hydrogen-bond donors (Lipinski definition) is 5. The normalized spacial score (nSPS) is 38.7. The highest BCUT2D eigenvalue weighted by Crippen LogP contribution is 2.40. The highest BCUT2D eigenvalue weighted by atomic mass is 16.7. The summed E-state index contributed by atoms with van der Waals surface area (Å²) in [6.07, 6.45) is -2.54. The van der Waals surface area contributed by atoms with Gasteiger partial charge in [0.25, 0.3) is 0 Å². The molecule has 0 saturated carbocycles. The number of aliphatic hydroxyl groups excluding tert-OH is 3. The number of nitrogens with zero attached hydrogens (tertiary/aromatic N) is 6. The van der Waals surface area contributed by atoms with E-state index in [4.69, 9.17) is 37.7 Å². The smallest absolute Gasteiger partial charge is 0.311 e. The Morgan fingerprint density at radius 2 is 1.66 bits per heavy atom. The molecule has 3 aliphatic heterocycles. The summed E-state index contributed by atoms with van der Waals surface area (Å²) in [4.78, 5) is 18.5. The molecule has 20 heteroatoms. The van der Waals surface area contributed by atoms with E-state index in [1.54, 1.807) is 58.7 Å². The van der Waals surface area contributed by atoms with Crippen molar-refractivity contribution in [1.29, 1.82) is 0 Å². The molecule has 412 valence electrons. The van der Waals surface area contributed by atoms with Crippen LogP contribution in [0.15, 0.2) is 47.4 Å². The average molecular weight is 1030 g/mol. The van der Waals surface area contributed by atoms with Crippen molar-refractivity contribution in [2.75, 3.05) is 40.9 Å². The van der Waals surface area contributed by atoms with Gasteiger partial charge >= 0.3 is 5.97 Å². The van der Waals surface area contributed by atoms with Gasteiger partial charge in [-0.1, -0.05) is 43.3 Å². The fourth-order valence-electron chi connectivity index (χ4n) is 11.2. The van der Waals surface area contributed by atoms with E-state index in [1.165, 1.54) is 14.0 Å². The van der Waals surface area contributed by atoms with Crippen molar-refractivity contribution in [3.63, 3.8) is 0 Å².